The molecule has 1 saturated heterocycles. The first-order valence-corrected chi connectivity index (χ1v) is 23.2. The van der Waals surface area contributed by atoms with Crippen molar-refractivity contribution in [1.82, 2.24) is 0 Å². The molecule has 0 amide bonds. The molecule has 1 fully saturated rings. The molecule has 9 heteroatoms. The number of aryl methyl sites for hydroxylation is 2. The van der Waals surface area contributed by atoms with E-state index in [0.29, 0.717) is 37.0 Å². The summed E-state index contributed by atoms with van der Waals surface area (Å²) >= 11 is -0.0647. The third kappa shape index (κ3) is 11.5. The summed E-state index contributed by atoms with van der Waals surface area (Å²) in [7, 11) is -1.40. The van der Waals surface area contributed by atoms with Gasteiger partial charge in [-0.15, -0.1) is 0 Å². The van der Waals surface area contributed by atoms with Crippen LogP contribution in [-0.2, 0) is 18.9 Å². The second-order valence-corrected chi connectivity index (χ2v) is 23.0. The molecular weight excluding hydrogens is 714 g/mol. The summed E-state index contributed by atoms with van der Waals surface area (Å²) in [4.78, 5) is 27.0. The molecule has 2 unspecified atom stereocenters. The van der Waals surface area contributed by atoms with Crippen LogP contribution in [0.2, 0.25) is 25.7 Å². The van der Waals surface area contributed by atoms with Crippen molar-refractivity contribution >= 4 is 39.4 Å². The summed E-state index contributed by atoms with van der Waals surface area (Å²) in [6.45, 7) is 16.8. The van der Waals surface area contributed by atoms with E-state index in [0.717, 1.165) is 29.2 Å². The number of hydrogen-bond donors (Lipinski definition) is 0. The molecule has 3 aromatic rings. The topological polar surface area (TPSA) is 71.1 Å². The molecule has 270 valence electrons. The number of ether oxygens (including phenoxy) is 4. The van der Waals surface area contributed by atoms with Crippen LogP contribution in [0.4, 0.5) is 4.39 Å². The van der Waals surface area contributed by atoms with Crippen molar-refractivity contribution in [2.24, 2.45) is 0 Å². The molecule has 0 saturated carbocycles. The van der Waals surface area contributed by atoms with Crippen molar-refractivity contribution in [1.29, 1.82) is 0 Å². The molecule has 1 aliphatic heterocycles. The third-order valence-corrected chi connectivity index (χ3v) is 13.0. The minimum absolute atomic E-state index is 0.0261. The van der Waals surface area contributed by atoms with Crippen LogP contribution < -0.4 is 4.46 Å². The number of allylic oxidation sites excluding steroid dienone is 1. The molecule has 6 nitrogen and oxygen atoms in total. The average Bonchev–Trinajstić information content (AvgIpc) is 3.37. The van der Waals surface area contributed by atoms with Crippen LogP contribution in [0.25, 0.3) is 0 Å². The van der Waals surface area contributed by atoms with Gasteiger partial charge in [0, 0.05) is 0 Å². The quantitative estimate of drug-likeness (QED) is 0.107. The second-order valence-electron chi connectivity index (χ2n) is 14.7. The fraction of sp³-hybridized carbons (Fsp3) is 0.463. The number of carbonyl (C=O) groups excluding carboxylic acids is 2. The van der Waals surface area contributed by atoms with E-state index in [-0.39, 0.29) is 25.7 Å². The molecule has 1 heterocycles. The second kappa shape index (κ2) is 17.9. The van der Waals surface area contributed by atoms with E-state index in [4.69, 9.17) is 18.9 Å². The Kier molecular flexibility index (Phi) is 14.2. The fourth-order valence-corrected chi connectivity index (χ4v) is 9.34. The van der Waals surface area contributed by atoms with Crippen molar-refractivity contribution in [3.05, 3.63) is 113 Å². The Morgan fingerprint density at radius 1 is 0.980 bits per heavy atom. The van der Waals surface area contributed by atoms with Gasteiger partial charge in [0.2, 0.25) is 0 Å². The average molecular weight is 768 g/mol. The molecule has 0 spiro atoms. The van der Waals surface area contributed by atoms with Gasteiger partial charge in [-0.1, -0.05) is 0 Å². The zero-order valence-electron chi connectivity index (χ0n) is 30.8. The standard InChI is InChI=1S/C41H53FO6SeSi/c1-9-10-21-33(42)37(46-39(43)30-17-13-11-14-18-30)38-34(47-41(4,5)48-38)22-23-35(49-31-19-15-12-16-20-31)32-27-28(2)26-29(3)36(32)40(44)45-24-25-50(6,7)8/h11-21,26-27,34-35,37-38H,9-10,22-25H2,1-8H3/b33-21+/t34-,35?,37?,38-/m0/s1. The number of hydrogen-bond acceptors (Lipinski definition) is 6. The summed E-state index contributed by atoms with van der Waals surface area (Å²) in [5, 5.41) is 0. The minimum atomic E-state index is -1.40. The van der Waals surface area contributed by atoms with Crippen LogP contribution in [0.5, 0.6) is 0 Å². The number of esters is 2. The van der Waals surface area contributed by atoms with Crippen molar-refractivity contribution in [2.45, 2.75) is 115 Å². The SMILES string of the molecule is CCC/C=C(/F)C(OC(=O)c1ccccc1)[C@H]1OC(C)(C)O[C@H]1CCC([Se]c1ccccc1)c1cc(C)cc(C)c1C(=O)OCC[Si](C)(C)C. The Hall–Kier alpha value is -3.07. The van der Waals surface area contributed by atoms with Gasteiger partial charge in [0.15, 0.2) is 0 Å². The molecule has 50 heavy (non-hydrogen) atoms. The predicted octanol–water partition coefficient (Wildman–Crippen LogP) is 9.05. The summed E-state index contributed by atoms with van der Waals surface area (Å²) in [6.07, 6.45) is 1.11. The van der Waals surface area contributed by atoms with Gasteiger partial charge in [0.05, 0.1) is 0 Å². The third-order valence-electron chi connectivity index (χ3n) is 8.54. The number of benzene rings is 3. The summed E-state index contributed by atoms with van der Waals surface area (Å²) in [5.41, 5.74) is 3.88. The Labute approximate surface area is 305 Å². The molecule has 4 atom stereocenters. The fourth-order valence-electron chi connectivity index (χ4n) is 6.09. The Morgan fingerprint density at radius 2 is 1.64 bits per heavy atom. The van der Waals surface area contributed by atoms with Crippen LogP contribution in [-0.4, -0.2) is 65.7 Å². The number of unbranched alkanes of at least 4 members (excludes halogenated alkanes) is 1. The first-order valence-electron chi connectivity index (χ1n) is 17.6. The molecule has 0 aromatic heterocycles. The predicted molar refractivity (Wildman–Crippen MR) is 202 cm³/mol. The van der Waals surface area contributed by atoms with Crippen molar-refractivity contribution < 1.29 is 32.9 Å². The number of rotatable bonds is 16. The van der Waals surface area contributed by atoms with Crippen LogP contribution in [0, 0.1) is 13.8 Å². The first kappa shape index (κ1) is 39.7. The molecule has 3 aromatic carbocycles. The van der Waals surface area contributed by atoms with Gasteiger partial charge in [0.25, 0.3) is 0 Å². The molecule has 0 aliphatic carbocycles. The normalized spacial score (nSPS) is 18.8. The van der Waals surface area contributed by atoms with Crippen LogP contribution in [0.3, 0.4) is 0 Å². The van der Waals surface area contributed by atoms with Gasteiger partial charge in [0.1, 0.15) is 0 Å². The van der Waals surface area contributed by atoms with Crippen molar-refractivity contribution in [2.75, 3.05) is 6.61 Å². The van der Waals surface area contributed by atoms with Gasteiger partial charge in [-0.25, -0.2) is 0 Å². The van der Waals surface area contributed by atoms with Gasteiger partial charge in [-0.3, -0.25) is 0 Å². The van der Waals surface area contributed by atoms with E-state index in [2.05, 4.69) is 37.8 Å². The Balaban J connectivity index is 1.68. The molecule has 4 rings (SSSR count). The summed E-state index contributed by atoms with van der Waals surface area (Å²) in [6, 6.07) is 23.9. The van der Waals surface area contributed by atoms with Crippen LogP contribution in [0.15, 0.2) is 84.7 Å². The maximum absolute atomic E-state index is 16.0. The number of carbonyl (C=O) groups is 2. The van der Waals surface area contributed by atoms with E-state index in [1.165, 1.54) is 10.5 Å². The molecule has 1 aliphatic rings. The molecule has 0 N–H and O–H groups in total. The van der Waals surface area contributed by atoms with Crippen molar-refractivity contribution in [3.8, 4) is 0 Å². The van der Waals surface area contributed by atoms with E-state index in [1.54, 1.807) is 38.1 Å². The number of halogens is 1. The maximum atomic E-state index is 16.0. The van der Waals surface area contributed by atoms with Gasteiger partial charge >= 0.3 is 306 Å². The van der Waals surface area contributed by atoms with Crippen LogP contribution >= 0.6 is 0 Å². The van der Waals surface area contributed by atoms with Crippen LogP contribution in [0.1, 0.15) is 88.7 Å². The summed E-state index contributed by atoms with van der Waals surface area (Å²) in [5.74, 6) is -2.49. The Morgan fingerprint density at radius 3 is 2.28 bits per heavy atom. The molecule has 0 bridgehead atoms. The van der Waals surface area contributed by atoms with Gasteiger partial charge in [-0.05, 0) is 0 Å². The first-order chi connectivity index (χ1) is 23.7. The summed E-state index contributed by atoms with van der Waals surface area (Å²) < 4.78 is 41.8. The van der Waals surface area contributed by atoms with E-state index in [1.807, 2.05) is 51.1 Å². The van der Waals surface area contributed by atoms with E-state index in [9.17, 15) is 9.59 Å². The molecule has 0 radical (unpaired) electrons. The zero-order valence-corrected chi connectivity index (χ0v) is 33.5. The van der Waals surface area contributed by atoms with E-state index < -0.39 is 44.0 Å². The zero-order chi connectivity index (χ0) is 36.5. The van der Waals surface area contributed by atoms with Crippen molar-refractivity contribution in [3.63, 3.8) is 0 Å². The molecular formula is C41H53FO6SeSi. The Bertz CT molecular complexity index is 1600. The van der Waals surface area contributed by atoms with E-state index >= 15 is 4.39 Å². The monoisotopic (exact) mass is 768 g/mol. The van der Waals surface area contributed by atoms with Gasteiger partial charge < -0.3 is 0 Å². The van der Waals surface area contributed by atoms with Gasteiger partial charge in [-0.2, -0.15) is 0 Å².